The van der Waals surface area contributed by atoms with E-state index in [-0.39, 0.29) is 23.5 Å². The smallest absolute Gasteiger partial charge is 0.233 e. The van der Waals surface area contributed by atoms with Crippen LogP contribution in [0.25, 0.3) is 11.4 Å². The van der Waals surface area contributed by atoms with Crippen LogP contribution in [-0.4, -0.2) is 50.3 Å². The minimum atomic E-state index is -0.325. The minimum Gasteiger partial charge on any atom is -0.369 e. The van der Waals surface area contributed by atoms with Crippen LogP contribution in [0.15, 0.2) is 29.4 Å². The van der Waals surface area contributed by atoms with Crippen molar-refractivity contribution in [2.75, 3.05) is 18.8 Å². The summed E-state index contributed by atoms with van der Waals surface area (Å²) >= 11 is 1.39. The van der Waals surface area contributed by atoms with Gasteiger partial charge in [-0.25, -0.2) is 0 Å². The van der Waals surface area contributed by atoms with Crippen molar-refractivity contribution in [1.29, 1.82) is 0 Å². The molecule has 0 aliphatic carbocycles. The summed E-state index contributed by atoms with van der Waals surface area (Å²) in [6.45, 7) is 5.91. The van der Waals surface area contributed by atoms with Gasteiger partial charge in [-0.15, -0.1) is 10.2 Å². The molecule has 144 valence electrons. The number of carbonyl (C=O) groups excluding carboxylic acids is 2. The molecule has 2 N–H and O–H groups in total. The Balaban J connectivity index is 1.69. The van der Waals surface area contributed by atoms with E-state index >= 15 is 0 Å². The van der Waals surface area contributed by atoms with Gasteiger partial charge in [0.25, 0.3) is 0 Å². The number of likely N-dealkylation sites (tertiary alicyclic amines) is 1. The van der Waals surface area contributed by atoms with E-state index in [2.05, 4.69) is 10.2 Å². The summed E-state index contributed by atoms with van der Waals surface area (Å²) in [5.74, 6) is 0.539. The maximum atomic E-state index is 12.6. The molecule has 8 heteroatoms. The first-order valence-corrected chi connectivity index (χ1v) is 10.2. The number of primary amides is 1. The molecule has 1 aromatic carbocycles. The molecular weight excluding hydrogens is 362 g/mol. The number of thioether (sulfide) groups is 1. The molecule has 0 saturated carbocycles. The van der Waals surface area contributed by atoms with Gasteiger partial charge in [0.2, 0.25) is 11.8 Å². The van der Waals surface area contributed by atoms with Crippen molar-refractivity contribution in [2.45, 2.75) is 38.4 Å². The quantitative estimate of drug-likeness (QED) is 0.766. The number of aryl methyl sites for hydroxylation is 1. The lowest BCUT2D eigenvalue weighted by molar-refractivity contribution is -0.132. The van der Waals surface area contributed by atoms with Gasteiger partial charge in [-0.3, -0.25) is 9.59 Å². The van der Waals surface area contributed by atoms with Crippen molar-refractivity contribution in [3.8, 4) is 11.4 Å². The predicted molar refractivity (Wildman–Crippen MR) is 105 cm³/mol. The monoisotopic (exact) mass is 387 g/mol. The Bertz CT molecular complexity index is 835. The summed E-state index contributed by atoms with van der Waals surface area (Å²) in [7, 11) is 0. The van der Waals surface area contributed by atoms with Crippen LogP contribution in [0.3, 0.4) is 0 Å². The van der Waals surface area contributed by atoms with Gasteiger partial charge in [0.05, 0.1) is 11.7 Å². The first-order valence-electron chi connectivity index (χ1n) is 9.20. The topological polar surface area (TPSA) is 94.1 Å². The summed E-state index contributed by atoms with van der Waals surface area (Å²) in [4.78, 5) is 25.7. The third kappa shape index (κ3) is 4.32. The van der Waals surface area contributed by atoms with Crippen molar-refractivity contribution in [1.82, 2.24) is 19.7 Å². The molecule has 0 bridgehead atoms. The van der Waals surface area contributed by atoms with Crippen LogP contribution in [0.1, 0.15) is 25.3 Å². The number of aromatic nitrogens is 3. The second-order valence-electron chi connectivity index (χ2n) is 6.74. The van der Waals surface area contributed by atoms with Gasteiger partial charge in [-0.05, 0) is 32.3 Å². The fourth-order valence-corrected chi connectivity index (χ4v) is 4.26. The standard InChI is InChI=1S/C19H25N5O2S/c1-3-24-18(15-9-5-4-7-13(15)2)21-22-19(24)27-12-16(25)23-10-6-8-14(11-23)17(20)26/h4-5,7,9,14H,3,6,8,10-12H2,1-2H3,(H2,20,26). The zero-order valence-electron chi connectivity index (χ0n) is 15.7. The highest BCUT2D eigenvalue weighted by molar-refractivity contribution is 7.99. The van der Waals surface area contributed by atoms with E-state index < -0.39 is 0 Å². The molecule has 0 radical (unpaired) electrons. The van der Waals surface area contributed by atoms with Crippen LogP contribution in [0, 0.1) is 12.8 Å². The largest absolute Gasteiger partial charge is 0.369 e. The number of amides is 2. The summed E-state index contributed by atoms with van der Waals surface area (Å²) in [5, 5.41) is 9.37. The van der Waals surface area contributed by atoms with E-state index in [4.69, 9.17) is 5.73 Å². The Morgan fingerprint density at radius 1 is 1.30 bits per heavy atom. The number of rotatable bonds is 6. The molecule has 2 amide bonds. The number of nitrogens with two attached hydrogens (primary N) is 1. The third-order valence-corrected chi connectivity index (χ3v) is 5.87. The highest BCUT2D eigenvalue weighted by atomic mass is 32.2. The van der Waals surface area contributed by atoms with Gasteiger partial charge in [0.1, 0.15) is 0 Å². The molecule has 1 fully saturated rings. The van der Waals surface area contributed by atoms with Gasteiger partial charge < -0.3 is 15.2 Å². The van der Waals surface area contributed by atoms with Crippen LogP contribution in [0.2, 0.25) is 0 Å². The van der Waals surface area contributed by atoms with Crippen molar-refractivity contribution in [3.63, 3.8) is 0 Å². The highest BCUT2D eigenvalue weighted by Crippen LogP contribution is 2.26. The van der Waals surface area contributed by atoms with E-state index in [0.717, 1.165) is 41.5 Å². The maximum absolute atomic E-state index is 12.6. The summed E-state index contributed by atoms with van der Waals surface area (Å²) in [6.07, 6.45) is 1.57. The lowest BCUT2D eigenvalue weighted by atomic mass is 9.97. The zero-order chi connectivity index (χ0) is 19.4. The van der Waals surface area contributed by atoms with Crippen LogP contribution in [0.5, 0.6) is 0 Å². The van der Waals surface area contributed by atoms with Crippen molar-refractivity contribution < 1.29 is 9.59 Å². The maximum Gasteiger partial charge on any atom is 0.233 e. The molecule has 2 heterocycles. The number of hydrogen-bond acceptors (Lipinski definition) is 5. The zero-order valence-corrected chi connectivity index (χ0v) is 16.5. The van der Waals surface area contributed by atoms with Crippen LogP contribution < -0.4 is 5.73 Å². The minimum absolute atomic E-state index is 0.00837. The summed E-state index contributed by atoms with van der Waals surface area (Å²) in [6, 6.07) is 8.06. The fourth-order valence-electron chi connectivity index (χ4n) is 3.36. The summed E-state index contributed by atoms with van der Waals surface area (Å²) < 4.78 is 2.03. The normalized spacial score (nSPS) is 17.1. The van der Waals surface area contributed by atoms with E-state index in [0.29, 0.717) is 13.1 Å². The number of nitrogens with zero attached hydrogens (tertiary/aromatic N) is 4. The second kappa shape index (κ2) is 8.56. The first-order chi connectivity index (χ1) is 13.0. The molecule has 2 aromatic rings. The summed E-state index contributed by atoms with van der Waals surface area (Å²) in [5.41, 5.74) is 7.58. The number of benzene rings is 1. The van der Waals surface area contributed by atoms with Crippen LogP contribution >= 0.6 is 11.8 Å². The molecule has 1 atom stereocenters. The molecule has 0 spiro atoms. The molecule has 27 heavy (non-hydrogen) atoms. The molecule has 7 nitrogen and oxygen atoms in total. The number of carbonyl (C=O) groups is 2. The van der Waals surface area contributed by atoms with Gasteiger partial charge in [-0.2, -0.15) is 0 Å². The van der Waals surface area contributed by atoms with Crippen LogP contribution in [-0.2, 0) is 16.1 Å². The predicted octanol–water partition coefficient (Wildman–Crippen LogP) is 2.09. The van der Waals surface area contributed by atoms with E-state index in [1.54, 1.807) is 4.90 Å². The Morgan fingerprint density at radius 2 is 2.07 bits per heavy atom. The Morgan fingerprint density at radius 3 is 2.78 bits per heavy atom. The van der Waals surface area contributed by atoms with E-state index in [1.807, 2.05) is 42.7 Å². The molecule has 1 aliphatic rings. The first kappa shape index (κ1) is 19.4. The molecule has 1 aliphatic heterocycles. The second-order valence-corrected chi connectivity index (χ2v) is 7.68. The Kier molecular flexibility index (Phi) is 6.15. The number of piperidine rings is 1. The van der Waals surface area contributed by atoms with E-state index in [1.165, 1.54) is 11.8 Å². The molecule has 1 aromatic heterocycles. The third-order valence-electron chi connectivity index (χ3n) is 4.92. The van der Waals surface area contributed by atoms with Crippen molar-refractivity contribution >= 4 is 23.6 Å². The molecule has 1 saturated heterocycles. The fraction of sp³-hybridized carbons (Fsp3) is 0.474. The van der Waals surface area contributed by atoms with Gasteiger partial charge in [-0.1, -0.05) is 36.0 Å². The van der Waals surface area contributed by atoms with Crippen molar-refractivity contribution in [3.05, 3.63) is 29.8 Å². The highest BCUT2D eigenvalue weighted by Gasteiger charge is 2.27. The Hall–Kier alpha value is -2.35. The molecule has 3 rings (SSSR count). The van der Waals surface area contributed by atoms with Crippen LogP contribution in [0.4, 0.5) is 0 Å². The lowest BCUT2D eigenvalue weighted by Crippen LogP contribution is -2.44. The molecular formula is C19H25N5O2S. The van der Waals surface area contributed by atoms with Gasteiger partial charge in [0.15, 0.2) is 11.0 Å². The van der Waals surface area contributed by atoms with Gasteiger partial charge >= 0.3 is 0 Å². The lowest BCUT2D eigenvalue weighted by Gasteiger charge is -2.31. The SMILES string of the molecule is CCn1c(SCC(=O)N2CCCC(C(N)=O)C2)nnc1-c1ccccc1C. The average Bonchev–Trinajstić information content (AvgIpc) is 3.09. The Labute approximate surface area is 163 Å². The van der Waals surface area contributed by atoms with Gasteiger partial charge in [0, 0.05) is 25.2 Å². The average molecular weight is 388 g/mol. The molecule has 1 unspecified atom stereocenters. The van der Waals surface area contributed by atoms with Crippen molar-refractivity contribution in [2.24, 2.45) is 11.7 Å². The van der Waals surface area contributed by atoms with E-state index in [9.17, 15) is 9.59 Å². The number of hydrogen-bond donors (Lipinski definition) is 1.